The van der Waals surface area contributed by atoms with Gasteiger partial charge in [-0.25, -0.2) is 9.37 Å². The van der Waals surface area contributed by atoms with Gasteiger partial charge in [-0.05, 0) is 35.9 Å². The quantitative estimate of drug-likeness (QED) is 0.480. The van der Waals surface area contributed by atoms with Gasteiger partial charge in [0, 0.05) is 23.1 Å². The van der Waals surface area contributed by atoms with E-state index in [2.05, 4.69) is 0 Å². The number of fused-ring (bicyclic) bond motifs is 2. The molecule has 1 aliphatic rings. The Labute approximate surface area is 190 Å². The van der Waals surface area contributed by atoms with Crippen LogP contribution in [0.5, 0.6) is 11.5 Å². The second-order valence-electron chi connectivity index (χ2n) is 7.90. The molecule has 4 aromatic rings. The fourth-order valence-corrected chi connectivity index (χ4v) is 4.31. The number of amides is 1. The molecule has 0 fully saturated rings. The van der Waals surface area contributed by atoms with Crippen LogP contribution in [0.15, 0.2) is 60.7 Å². The smallest absolute Gasteiger partial charge is 0.258 e. The average molecular weight is 443 g/mol. The van der Waals surface area contributed by atoms with Gasteiger partial charge in [0.2, 0.25) is 0 Å². The summed E-state index contributed by atoms with van der Waals surface area (Å²) < 4.78 is 24.7. The molecule has 1 amide bonds. The van der Waals surface area contributed by atoms with Gasteiger partial charge < -0.3 is 20.1 Å². The third kappa shape index (κ3) is 3.51. The maximum atomic E-state index is 14.1. The molecule has 2 N–H and O–H groups in total. The Balaban J connectivity index is 1.58. The molecule has 6 nitrogen and oxygen atoms in total. The first-order chi connectivity index (χ1) is 16.0. The van der Waals surface area contributed by atoms with Gasteiger partial charge in [-0.3, -0.25) is 4.79 Å². The van der Waals surface area contributed by atoms with Crippen LogP contribution in [0.25, 0.3) is 22.0 Å². The number of pyridine rings is 1. The predicted octanol–water partition coefficient (Wildman–Crippen LogP) is 4.80. The molecule has 7 heteroatoms. The summed E-state index contributed by atoms with van der Waals surface area (Å²) in [4.78, 5) is 19.7. The number of hydrogen-bond donors (Lipinski definition) is 1. The number of carbonyl (C=O) groups is 1. The Morgan fingerprint density at radius 3 is 2.55 bits per heavy atom. The van der Waals surface area contributed by atoms with Crippen LogP contribution in [0.1, 0.15) is 21.6 Å². The molecule has 0 spiro atoms. The fraction of sp³-hybridized carbons (Fsp3) is 0.154. The first kappa shape index (κ1) is 20.8. The number of nitrogen functional groups attached to an aromatic ring is 1. The van der Waals surface area contributed by atoms with Crippen molar-refractivity contribution in [3.63, 3.8) is 0 Å². The zero-order valence-corrected chi connectivity index (χ0v) is 18.3. The topological polar surface area (TPSA) is 77.7 Å². The summed E-state index contributed by atoms with van der Waals surface area (Å²) in [7, 11) is 3.15. The lowest BCUT2D eigenvalue weighted by molar-refractivity contribution is 0.0767. The monoisotopic (exact) mass is 443 g/mol. The molecule has 1 aromatic heterocycles. The highest BCUT2D eigenvalue weighted by molar-refractivity contribution is 6.11. The van der Waals surface area contributed by atoms with Crippen molar-refractivity contribution in [1.29, 1.82) is 0 Å². The van der Waals surface area contributed by atoms with E-state index in [0.29, 0.717) is 57.8 Å². The number of rotatable bonds is 5. The standard InChI is InChI=1S/C26H22FN3O3/c1-32-17-9-6-15(7-10-17)13-30-14-21-23(26(30)31)24(28)19-5-3-4-18(25(19)29-21)20-12-16(27)8-11-22(20)33-2/h3-12H,13-14H2,1-2H3,(H2,28,29). The van der Waals surface area contributed by atoms with Crippen LogP contribution in [-0.2, 0) is 13.1 Å². The van der Waals surface area contributed by atoms with Crippen molar-refractivity contribution in [3.8, 4) is 22.6 Å². The minimum atomic E-state index is -0.377. The molecule has 0 saturated heterocycles. The molecular weight excluding hydrogens is 421 g/mol. The van der Waals surface area contributed by atoms with Crippen molar-refractivity contribution < 1.29 is 18.7 Å². The van der Waals surface area contributed by atoms with Gasteiger partial charge in [0.25, 0.3) is 5.91 Å². The Kier molecular flexibility index (Phi) is 5.09. The lowest BCUT2D eigenvalue weighted by Gasteiger charge is -2.15. The average Bonchev–Trinajstić information content (AvgIpc) is 3.14. The first-order valence-corrected chi connectivity index (χ1v) is 10.5. The van der Waals surface area contributed by atoms with Gasteiger partial charge in [0.15, 0.2) is 0 Å². The van der Waals surface area contributed by atoms with Crippen LogP contribution in [0, 0.1) is 5.82 Å². The maximum Gasteiger partial charge on any atom is 0.258 e. The van der Waals surface area contributed by atoms with Crippen molar-refractivity contribution in [2.24, 2.45) is 0 Å². The molecule has 0 unspecified atom stereocenters. The second-order valence-corrected chi connectivity index (χ2v) is 7.90. The third-order valence-electron chi connectivity index (χ3n) is 5.96. The molecule has 0 aliphatic carbocycles. The number of anilines is 1. The van der Waals surface area contributed by atoms with Gasteiger partial charge in [0.05, 0.1) is 43.2 Å². The molecule has 0 atom stereocenters. The van der Waals surface area contributed by atoms with Crippen LogP contribution in [0.2, 0.25) is 0 Å². The van der Waals surface area contributed by atoms with Crippen LogP contribution in [0.3, 0.4) is 0 Å². The van der Waals surface area contributed by atoms with E-state index in [1.807, 2.05) is 42.5 Å². The van der Waals surface area contributed by atoms with E-state index in [1.165, 1.54) is 19.2 Å². The molecule has 33 heavy (non-hydrogen) atoms. The molecule has 5 rings (SSSR count). The van der Waals surface area contributed by atoms with E-state index in [0.717, 1.165) is 11.3 Å². The number of hydrogen-bond acceptors (Lipinski definition) is 5. The van der Waals surface area contributed by atoms with Crippen molar-refractivity contribution in [3.05, 3.63) is 83.3 Å². The minimum absolute atomic E-state index is 0.151. The van der Waals surface area contributed by atoms with Gasteiger partial charge >= 0.3 is 0 Å². The number of halogens is 1. The van der Waals surface area contributed by atoms with E-state index in [9.17, 15) is 9.18 Å². The summed E-state index contributed by atoms with van der Waals surface area (Å²) in [6.45, 7) is 0.772. The number of ether oxygens (including phenoxy) is 2. The van der Waals surface area contributed by atoms with E-state index in [4.69, 9.17) is 20.2 Å². The van der Waals surface area contributed by atoms with Gasteiger partial charge in [-0.1, -0.05) is 30.3 Å². The molecule has 0 bridgehead atoms. The van der Waals surface area contributed by atoms with Gasteiger partial charge in [-0.15, -0.1) is 0 Å². The lowest BCUT2D eigenvalue weighted by atomic mass is 9.98. The fourth-order valence-electron chi connectivity index (χ4n) is 4.31. The highest BCUT2D eigenvalue weighted by Crippen LogP contribution is 2.39. The number of aromatic nitrogens is 1. The normalized spacial score (nSPS) is 12.8. The van der Waals surface area contributed by atoms with Crippen molar-refractivity contribution in [1.82, 2.24) is 9.88 Å². The molecule has 0 saturated carbocycles. The number of carbonyl (C=O) groups excluding carboxylic acids is 1. The highest BCUT2D eigenvalue weighted by Gasteiger charge is 2.32. The van der Waals surface area contributed by atoms with Crippen molar-refractivity contribution >= 4 is 22.5 Å². The maximum absolute atomic E-state index is 14.1. The Morgan fingerprint density at radius 1 is 1.03 bits per heavy atom. The van der Waals surface area contributed by atoms with Gasteiger partial charge in [0.1, 0.15) is 17.3 Å². The summed E-state index contributed by atoms with van der Waals surface area (Å²) >= 11 is 0. The summed E-state index contributed by atoms with van der Waals surface area (Å²) in [5.41, 5.74) is 10.8. The lowest BCUT2D eigenvalue weighted by Crippen LogP contribution is -2.23. The Hall–Kier alpha value is -4.13. The summed E-state index contributed by atoms with van der Waals surface area (Å²) in [5, 5.41) is 0.650. The number of benzene rings is 3. The Bertz CT molecular complexity index is 1390. The van der Waals surface area contributed by atoms with Gasteiger partial charge in [-0.2, -0.15) is 0 Å². The molecule has 1 aliphatic heterocycles. The zero-order chi connectivity index (χ0) is 23.1. The summed E-state index contributed by atoms with van der Waals surface area (Å²) in [6.07, 6.45) is 0. The summed E-state index contributed by atoms with van der Waals surface area (Å²) in [6, 6.07) is 17.4. The minimum Gasteiger partial charge on any atom is -0.497 e. The Morgan fingerprint density at radius 2 is 1.82 bits per heavy atom. The molecule has 166 valence electrons. The third-order valence-corrected chi connectivity index (χ3v) is 5.96. The van der Waals surface area contributed by atoms with Crippen molar-refractivity contribution in [2.75, 3.05) is 20.0 Å². The molecule has 2 heterocycles. The van der Waals surface area contributed by atoms with E-state index in [1.54, 1.807) is 18.1 Å². The van der Waals surface area contributed by atoms with E-state index >= 15 is 0 Å². The number of para-hydroxylation sites is 1. The largest absolute Gasteiger partial charge is 0.497 e. The summed E-state index contributed by atoms with van der Waals surface area (Å²) in [5.74, 6) is 0.758. The number of methoxy groups -OCH3 is 2. The zero-order valence-electron chi connectivity index (χ0n) is 18.3. The van der Waals surface area contributed by atoms with Crippen LogP contribution in [0.4, 0.5) is 10.1 Å². The first-order valence-electron chi connectivity index (χ1n) is 10.5. The SMILES string of the molecule is COc1ccc(CN2Cc3nc4c(-c5cc(F)ccc5OC)cccc4c(N)c3C2=O)cc1. The van der Waals surface area contributed by atoms with Crippen LogP contribution >= 0.6 is 0 Å². The number of nitrogens with zero attached hydrogens (tertiary/aromatic N) is 2. The van der Waals surface area contributed by atoms with E-state index in [-0.39, 0.29) is 11.7 Å². The second kappa shape index (κ2) is 8.09. The van der Waals surface area contributed by atoms with E-state index < -0.39 is 0 Å². The van der Waals surface area contributed by atoms with Crippen molar-refractivity contribution in [2.45, 2.75) is 13.1 Å². The highest BCUT2D eigenvalue weighted by atomic mass is 19.1. The molecule has 0 radical (unpaired) electrons. The van der Waals surface area contributed by atoms with Crippen LogP contribution in [-0.4, -0.2) is 30.0 Å². The molecule has 3 aromatic carbocycles. The van der Waals surface area contributed by atoms with Crippen LogP contribution < -0.4 is 15.2 Å². The number of nitrogens with two attached hydrogens (primary N) is 1. The molecular formula is C26H22FN3O3. The predicted molar refractivity (Wildman–Crippen MR) is 125 cm³/mol.